The van der Waals surface area contributed by atoms with E-state index in [1.807, 2.05) is 11.8 Å². The highest BCUT2D eigenvalue weighted by Crippen LogP contribution is 2.43. The summed E-state index contributed by atoms with van der Waals surface area (Å²) in [6.45, 7) is 2.99. The fourth-order valence-corrected chi connectivity index (χ4v) is 3.94. The number of aldehydes is 1. The normalized spacial score (nSPS) is 16.4. The van der Waals surface area contributed by atoms with Gasteiger partial charge in [-0.05, 0) is 30.8 Å². The predicted octanol–water partition coefficient (Wildman–Crippen LogP) is 3.85. The standard InChI is InChI=1S/C21H19F2N3O2/c1-3-26-9-14-19(15(26)10-27)20(24)11-7-8-13(23)18(21(11)25-14)17-12(22)5-4-6-16(17)28-2/h4-8,10,15H,3,9H2,1-2H3,(H2,24,25). The first-order valence-corrected chi connectivity index (χ1v) is 8.94. The summed E-state index contributed by atoms with van der Waals surface area (Å²) in [5, 5.41) is 0.477. The molecule has 0 bridgehead atoms. The monoisotopic (exact) mass is 383 g/mol. The molecule has 1 aliphatic rings. The average Bonchev–Trinajstić information content (AvgIpc) is 3.06. The van der Waals surface area contributed by atoms with Crippen molar-refractivity contribution in [2.24, 2.45) is 0 Å². The maximum absolute atomic E-state index is 14.9. The summed E-state index contributed by atoms with van der Waals surface area (Å²) >= 11 is 0. The molecule has 0 amide bonds. The third-order valence-corrected chi connectivity index (χ3v) is 5.29. The van der Waals surface area contributed by atoms with Crippen LogP contribution in [-0.2, 0) is 11.3 Å². The summed E-state index contributed by atoms with van der Waals surface area (Å²) in [6.07, 6.45) is 0.837. The Morgan fingerprint density at radius 1 is 1.25 bits per heavy atom. The highest BCUT2D eigenvalue weighted by Gasteiger charge is 2.34. The van der Waals surface area contributed by atoms with Gasteiger partial charge in [-0.25, -0.2) is 8.78 Å². The van der Waals surface area contributed by atoms with Gasteiger partial charge in [0.15, 0.2) is 0 Å². The number of anilines is 1. The number of halogens is 2. The Bertz CT molecular complexity index is 1100. The van der Waals surface area contributed by atoms with E-state index in [4.69, 9.17) is 10.5 Å². The molecule has 1 aromatic heterocycles. The second kappa shape index (κ2) is 6.83. The molecule has 144 valence electrons. The number of pyridine rings is 1. The Morgan fingerprint density at radius 3 is 2.68 bits per heavy atom. The molecule has 1 unspecified atom stereocenters. The van der Waals surface area contributed by atoms with Crippen molar-refractivity contribution in [3.05, 3.63) is 53.2 Å². The summed E-state index contributed by atoms with van der Waals surface area (Å²) < 4.78 is 34.8. The van der Waals surface area contributed by atoms with Crippen molar-refractivity contribution < 1.29 is 18.3 Å². The van der Waals surface area contributed by atoms with Gasteiger partial charge in [0.1, 0.15) is 23.7 Å². The smallest absolute Gasteiger partial charge is 0.141 e. The van der Waals surface area contributed by atoms with Crippen LogP contribution in [0.4, 0.5) is 14.5 Å². The third-order valence-electron chi connectivity index (χ3n) is 5.29. The van der Waals surface area contributed by atoms with E-state index in [-0.39, 0.29) is 22.4 Å². The van der Waals surface area contributed by atoms with Crippen LogP contribution in [0.25, 0.3) is 22.0 Å². The minimum absolute atomic E-state index is 0.000415. The number of nitrogens with zero attached hydrogens (tertiary/aromatic N) is 2. The zero-order valence-electron chi connectivity index (χ0n) is 15.5. The van der Waals surface area contributed by atoms with Crippen molar-refractivity contribution in [2.45, 2.75) is 19.5 Å². The van der Waals surface area contributed by atoms with E-state index in [9.17, 15) is 13.6 Å². The lowest BCUT2D eigenvalue weighted by Crippen LogP contribution is -2.22. The number of benzene rings is 2. The molecule has 2 N–H and O–H groups in total. The van der Waals surface area contributed by atoms with Gasteiger partial charge in [0, 0.05) is 23.2 Å². The van der Waals surface area contributed by atoms with Crippen LogP contribution >= 0.6 is 0 Å². The van der Waals surface area contributed by atoms with Crippen molar-refractivity contribution in [1.29, 1.82) is 0 Å². The number of methoxy groups -OCH3 is 1. The van der Waals surface area contributed by atoms with E-state index < -0.39 is 17.7 Å². The Kier molecular flexibility index (Phi) is 4.47. The van der Waals surface area contributed by atoms with Crippen LogP contribution in [0.2, 0.25) is 0 Å². The Balaban J connectivity index is 2.08. The van der Waals surface area contributed by atoms with Crippen molar-refractivity contribution in [3.8, 4) is 16.9 Å². The van der Waals surface area contributed by atoms with Crippen LogP contribution in [0.1, 0.15) is 24.2 Å². The first kappa shape index (κ1) is 18.3. The van der Waals surface area contributed by atoms with Crippen molar-refractivity contribution in [1.82, 2.24) is 9.88 Å². The number of aromatic nitrogens is 1. The molecule has 0 fully saturated rings. The van der Waals surface area contributed by atoms with Gasteiger partial charge in [-0.1, -0.05) is 13.0 Å². The average molecular weight is 383 g/mol. The van der Waals surface area contributed by atoms with Gasteiger partial charge in [0.2, 0.25) is 0 Å². The molecule has 4 rings (SSSR count). The number of fused-ring (bicyclic) bond motifs is 2. The predicted molar refractivity (Wildman–Crippen MR) is 103 cm³/mol. The first-order chi connectivity index (χ1) is 13.5. The van der Waals surface area contributed by atoms with Crippen molar-refractivity contribution in [2.75, 3.05) is 19.4 Å². The van der Waals surface area contributed by atoms with Crippen LogP contribution in [0.3, 0.4) is 0 Å². The fraction of sp³-hybridized carbons (Fsp3) is 0.238. The Morgan fingerprint density at radius 2 is 2.00 bits per heavy atom. The van der Waals surface area contributed by atoms with Gasteiger partial charge in [-0.15, -0.1) is 0 Å². The van der Waals surface area contributed by atoms with E-state index in [0.29, 0.717) is 35.4 Å². The molecule has 0 aliphatic carbocycles. The van der Waals surface area contributed by atoms with E-state index in [2.05, 4.69) is 4.98 Å². The van der Waals surface area contributed by atoms with Gasteiger partial charge in [0.25, 0.3) is 0 Å². The highest BCUT2D eigenvalue weighted by atomic mass is 19.1. The Labute approximate surface area is 160 Å². The van der Waals surface area contributed by atoms with Gasteiger partial charge < -0.3 is 15.3 Å². The molecular weight excluding hydrogens is 364 g/mol. The van der Waals surface area contributed by atoms with E-state index >= 15 is 0 Å². The summed E-state index contributed by atoms with van der Waals surface area (Å²) in [5.41, 5.74) is 8.24. The van der Waals surface area contributed by atoms with E-state index in [1.54, 1.807) is 6.07 Å². The van der Waals surface area contributed by atoms with Gasteiger partial charge in [-0.3, -0.25) is 9.88 Å². The van der Waals surface area contributed by atoms with E-state index in [0.717, 1.165) is 6.29 Å². The number of carbonyl (C=O) groups is 1. The van der Waals surface area contributed by atoms with Gasteiger partial charge >= 0.3 is 0 Å². The minimum atomic E-state index is -0.625. The summed E-state index contributed by atoms with van der Waals surface area (Å²) in [5.74, 6) is -1.04. The van der Waals surface area contributed by atoms with Crippen LogP contribution in [0, 0.1) is 11.6 Å². The molecule has 0 spiro atoms. The maximum Gasteiger partial charge on any atom is 0.141 e. The second-order valence-corrected chi connectivity index (χ2v) is 6.67. The highest BCUT2D eigenvalue weighted by molar-refractivity contribution is 6.03. The molecule has 1 atom stereocenters. The first-order valence-electron chi connectivity index (χ1n) is 8.94. The lowest BCUT2D eigenvalue weighted by atomic mass is 9.96. The number of hydrogen-bond donors (Lipinski definition) is 1. The molecule has 2 aromatic carbocycles. The number of ether oxygens (including phenoxy) is 1. The molecule has 28 heavy (non-hydrogen) atoms. The molecule has 7 heteroatoms. The maximum atomic E-state index is 14.9. The van der Waals surface area contributed by atoms with Crippen molar-refractivity contribution >= 4 is 22.9 Å². The lowest BCUT2D eigenvalue weighted by molar-refractivity contribution is -0.112. The fourth-order valence-electron chi connectivity index (χ4n) is 3.94. The molecule has 5 nitrogen and oxygen atoms in total. The van der Waals surface area contributed by atoms with Gasteiger partial charge in [0.05, 0.1) is 35.5 Å². The molecule has 0 saturated heterocycles. The Hall–Kier alpha value is -3.06. The van der Waals surface area contributed by atoms with Crippen molar-refractivity contribution in [3.63, 3.8) is 0 Å². The van der Waals surface area contributed by atoms with E-state index in [1.165, 1.54) is 31.4 Å². The quantitative estimate of drug-likeness (QED) is 0.693. The molecule has 0 radical (unpaired) electrons. The van der Waals surface area contributed by atoms with Crippen LogP contribution in [0.15, 0.2) is 30.3 Å². The summed E-state index contributed by atoms with van der Waals surface area (Å²) in [4.78, 5) is 18.2. The van der Waals surface area contributed by atoms with Crippen LogP contribution in [0.5, 0.6) is 5.75 Å². The molecule has 1 aliphatic heterocycles. The molecule has 0 saturated carbocycles. The molecule has 2 heterocycles. The lowest BCUT2D eigenvalue weighted by Gasteiger charge is -2.18. The number of likely N-dealkylation sites (N-methyl/N-ethyl adjacent to an activating group) is 1. The summed E-state index contributed by atoms with van der Waals surface area (Å²) in [6, 6.07) is 6.56. The number of hydrogen-bond acceptors (Lipinski definition) is 5. The SMILES string of the molecule is CCN1Cc2nc3c(-c4c(F)cccc4OC)c(F)ccc3c(N)c2C1C=O. The number of carbonyl (C=O) groups excluding carboxylic acids is 1. The largest absolute Gasteiger partial charge is 0.496 e. The zero-order chi connectivity index (χ0) is 20.0. The molecular formula is C21H19F2N3O2. The topological polar surface area (TPSA) is 68.5 Å². The number of nitrogens with two attached hydrogens (primary N) is 1. The number of nitrogen functional groups attached to an aromatic ring is 1. The third kappa shape index (κ3) is 2.54. The number of rotatable bonds is 4. The minimum Gasteiger partial charge on any atom is -0.496 e. The van der Waals surface area contributed by atoms with Crippen LogP contribution in [-0.4, -0.2) is 29.8 Å². The van der Waals surface area contributed by atoms with Crippen LogP contribution < -0.4 is 10.5 Å². The summed E-state index contributed by atoms with van der Waals surface area (Å²) in [7, 11) is 1.40. The zero-order valence-corrected chi connectivity index (χ0v) is 15.5. The second-order valence-electron chi connectivity index (χ2n) is 6.67. The van der Waals surface area contributed by atoms with Gasteiger partial charge in [-0.2, -0.15) is 0 Å². The molecule has 3 aromatic rings.